The second-order valence-corrected chi connectivity index (χ2v) is 8.94. The summed E-state index contributed by atoms with van der Waals surface area (Å²) in [4.78, 5) is 31.4. The molecule has 9 heteroatoms. The van der Waals surface area contributed by atoms with Gasteiger partial charge in [0.25, 0.3) is 0 Å². The molecule has 0 atom stereocenters. The molecule has 190 valence electrons. The van der Waals surface area contributed by atoms with E-state index in [1.807, 2.05) is 18.2 Å². The second kappa shape index (κ2) is 9.93. The number of pyridine rings is 1. The van der Waals surface area contributed by atoms with Crippen LogP contribution in [-0.2, 0) is 30.7 Å². The van der Waals surface area contributed by atoms with Gasteiger partial charge in [0.1, 0.15) is 28.5 Å². The predicted molar refractivity (Wildman–Crippen MR) is 135 cm³/mol. The average molecular weight is 504 g/mol. The lowest BCUT2D eigenvalue weighted by Gasteiger charge is -2.29. The SMILES string of the molecule is COc1cc(CC(=O)N2CCc3c(n(Cc4cccc(F)c4)c4ncccc34)C2)cc(OC)c1C(=O)O. The van der Waals surface area contributed by atoms with Crippen molar-refractivity contribution in [3.05, 3.63) is 88.5 Å². The quantitative estimate of drug-likeness (QED) is 0.409. The largest absolute Gasteiger partial charge is 0.496 e. The summed E-state index contributed by atoms with van der Waals surface area (Å²) >= 11 is 0. The second-order valence-electron chi connectivity index (χ2n) is 8.94. The van der Waals surface area contributed by atoms with Crippen molar-refractivity contribution in [1.29, 1.82) is 0 Å². The van der Waals surface area contributed by atoms with Gasteiger partial charge in [0.2, 0.25) is 5.91 Å². The fraction of sp³-hybridized carbons (Fsp3) is 0.250. The number of hydrogen-bond acceptors (Lipinski definition) is 5. The van der Waals surface area contributed by atoms with Crippen LogP contribution >= 0.6 is 0 Å². The molecule has 5 rings (SSSR count). The molecule has 0 fully saturated rings. The van der Waals surface area contributed by atoms with Crippen LogP contribution in [0, 0.1) is 5.82 Å². The van der Waals surface area contributed by atoms with Gasteiger partial charge in [-0.2, -0.15) is 0 Å². The summed E-state index contributed by atoms with van der Waals surface area (Å²) in [6, 6.07) is 13.5. The Morgan fingerprint density at radius 1 is 1.05 bits per heavy atom. The number of amides is 1. The van der Waals surface area contributed by atoms with Gasteiger partial charge in [0.05, 0.1) is 27.2 Å². The van der Waals surface area contributed by atoms with Gasteiger partial charge in [-0.25, -0.2) is 14.2 Å². The Labute approximate surface area is 212 Å². The van der Waals surface area contributed by atoms with Gasteiger partial charge in [0, 0.05) is 30.4 Å². The zero-order valence-corrected chi connectivity index (χ0v) is 20.5. The Morgan fingerprint density at radius 3 is 2.49 bits per heavy atom. The van der Waals surface area contributed by atoms with Gasteiger partial charge in [-0.15, -0.1) is 0 Å². The summed E-state index contributed by atoms with van der Waals surface area (Å²) in [5, 5.41) is 10.6. The van der Waals surface area contributed by atoms with Crippen LogP contribution in [0.3, 0.4) is 0 Å². The van der Waals surface area contributed by atoms with Crippen LogP contribution in [-0.4, -0.2) is 52.2 Å². The Balaban J connectivity index is 1.45. The first kappa shape index (κ1) is 24.3. The van der Waals surface area contributed by atoms with Crippen molar-refractivity contribution < 1.29 is 28.6 Å². The number of rotatable bonds is 7. The van der Waals surface area contributed by atoms with Crippen molar-refractivity contribution in [2.45, 2.75) is 25.9 Å². The molecule has 1 N–H and O–H groups in total. The van der Waals surface area contributed by atoms with Crippen LogP contribution in [0.15, 0.2) is 54.7 Å². The molecule has 8 nitrogen and oxygen atoms in total. The summed E-state index contributed by atoms with van der Waals surface area (Å²) in [6.07, 6.45) is 2.47. The molecular formula is C28H26FN3O5. The van der Waals surface area contributed by atoms with E-state index in [1.165, 1.54) is 26.4 Å². The molecule has 0 saturated heterocycles. The highest BCUT2D eigenvalue weighted by molar-refractivity contribution is 5.94. The minimum Gasteiger partial charge on any atom is -0.496 e. The van der Waals surface area contributed by atoms with E-state index in [9.17, 15) is 19.1 Å². The molecule has 37 heavy (non-hydrogen) atoms. The molecule has 0 bridgehead atoms. The maximum Gasteiger partial charge on any atom is 0.343 e. The number of methoxy groups -OCH3 is 2. The van der Waals surface area contributed by atoms with Crippen molar-refractivity contribution >= 4 is 22.9 Å². The summed E-state index contributed by atoms with van der Waals surface area (Å²) in [7, 11) is 2.76. The lowest BCUT2D eigenvalue weighted by atomic mass is 10.0. The standard InChI is InChI=1S/C28H26FN3O5/c1-36-23-12-18(13-24(37-2)26(23)28(34)35)14-25(33)31-10-8-20-21-7-4-9-30-27(21)32(22(20)16-31)15-17-5-3-6-19(29)11-17/h3-7,9,11-13H,8,10,14-16H2,1-2H3,(H,34,35). The summed E-state index contributed by atoms with van der Waals surface area (Å²) in [5.74, 6) is -1.30. The summed E-state index contributed by atoms with van der Waals surface area (Å²) < 4.78 is 26.4. The number of carbonyl (C=O) groups is 2. The lowest BCUT2D eigenvalue weighted by molar-refractivity contribution is -0.131. The number of fused-ring (bicyclic) bond motifs is 3. The molecule has 0 aliphatic carbocycles. The van der Waals surface area contributed by atoms with Crippen LogP contribution in [0.2, 0.25) is 0 Å². The molecule has 1 amide bonds. The zero-order valence-electron chi connectivity index (χ0n) is 20.5. The van der Waals surface area contributed by atoms with E-state index in [0.29, 0.717) is 31.6 Å². The molecule has 0 saturated carbocycles. The van der Waals surface area contributed by atoms with Gasteiger partial charge in [-0.05, 0) is 59.5 Å². The monoisotopic (exact) mass is 503 g/mol. The van der Waals surface area contributed by atoms with E-state index in [2.05, 4.69) is 9.55 Å². The van der Waals surface area contributed by atoms with Crippen molar-refractivity contribution in [2.75, 3.05) is 20.8 Å². The smallest absolute Gasteiger partial charge is 0.343 e. The molecule has 1 aliphatic rings. The van der Waals surface area contributed by atoms with Crippen molar-refractivity contribution in [3.8, 4) is 11.5 Å². The zero-order chi connectivity index (χ0) is 26.1. The highest BCUT2D eigenvalue weighted by Crippen LogP contribution is 2.33. The number of halogens is 1. The Bertz CT molecular complexity index is 1490. The first-order chi connectivity index (χ1) is 17.9. The number of carbonyl (C=O) groups excluding carboxylic acids is 1. The van der Waals surface area contributed by atoms with E-state index < -0.39 is 5.97 Å². The number of carboxylic acids is 1. The number of aromatic carboxylic acids is 1. The first-order valence-electron chi connectivity index (χ1n) is 11.8. The van der Waals surface area contributed by atoms with Crippen LogP contribution in [0.25, 0.3) is 11.0 Å². The van der Waals surface area contributed by atoms with Crippen molar-refractivity contribution in [3.63, 3.8) is 0 Å². The molecule has 0 spiro atoms. The third-order valence-electron chi connectivity index (χ3n) is 6.73. The number of benzene rings is 2. The fourth-order valence-corrected chi connectivity index (χ4v) is 5.03. The van der Waals surface area contributed by atoms with E-state index in [4.69, 9.17) is 9.47 Å². The summed E-state index contributed by atoms with van der Waals surface area (Å²) in [5.41, 5.74) is 4.26. The molecule has 0 radical (unpaired) electrons. The number of aromatic nitrogens is 2. The van der Waals surface area contributed by atoms with Crippen LogP contribution < -0.4 is 9.47 Å². The third-order valence-corrected chi connectivity index (χ3v) is 6.73. The van der Waals surface area contributed by atoms with Crippen LogP contribution in [0.4, 0.5) is 4.39 Å². The Hall–Kier alpha value is -4.40. The molecule has 2 aromatic heterocycles. The fourth-order valence-electron chi connectivity index (χ4n) is 5.03. The number of nitrogens with zero attached hydrogens (tertiary/aromatic N) is 3. The van der Waals surface area contributed by atoms with Crippen molar-refractivity contribution in [2.24, 2.45) is 0 Å². The molecule has 3 heterocycles. The normalized spacial score (nSPS) is 12.9. The number of carboxylic acid groups (broad SMARTS) is 1. The van der Waals surface area contributed by atoms with Crippen molar-refractivity contribution in [1.82, 2.24) is 14.5 Å². The van der Waals surface area contributed by atoms with Gasteiger partial charge >= 0.3 is 5.97 Å². The van der Waals surface area contributed by atoms with Gasteiger partial charge in [-0.3, -0.25) is 4.79 Å². The van der Waals surface area contributed by atoms with Crippen LogP contribution in [0.5, 0.6) is 11.5 Å². The minimum atomic E-state index is -1.17. The number of hydrogen-bond donors (Lipinski definition) is 1. The first-order valence-corrected chi connectivity index (χ1v) is 11.8. The Kier molecular flexibility index (Phi) is 6.52. The predicted octanol–water partition coefficient (Wildman–Crippen LogP) is 4.07. The molecular weight excluding hydrogens is 477 g/mol. The van der Waals surface area contributed by atoms with Gasteiger partial charge in [-0.1, -0.05) is 12.1 Å². The average Bonchev–Trinajstić information content (AvgIpc) is 3.20. The van der Waals surface area contributed by atoms with Gasteiger partial charge < -0.3 is 24.0 Å². The summed E-state index contributed by atoms with van der Waals surface area (Å²) in [6.45, 7) is 1.37. The van der Waals surface area contributed by atoms with Crippen LogP contribution in [0.1, 0.15) is 32.7 Å². The van der Waals surface area contributed by atoms with E-state index in [0.717, 1.165) is 27.9 Å². The lowest BCUT2D eigenvalue weighted by Crippen LogP contribution is -2.37. The minimum absolute atomic E-state index is 0.0598. The Morgan fingerprint density at radius 2 is 1.81 bits per heavy atom. The maximum atomic E-state index is 13.9. The highest BCUT2D eigenvalue weighted by Gasteiger charge is 2.28. The molecule has 0 unspecified atom stereocenters. The van der Waals surface area contributed by atoms with Gasteiger partial charge in [0.15, 0.2) is 0 Å². The maximum absolute atomic E-state index is 13.9. The molecule has 2 aromatic carbocycles. The van der Waals surface area contributed by atoms with E-state index in [1.54, 1.807) is 29.3 Å². The third kappa shape index (κ3) is 4.60. The highest BCUT2D eigenvalue weighted by atomic mass is 19.1. The molecule has 4 aromatic rings. The van der Waals surface area contributed by atoms with E-state index >= 15 is 0 Å². The topological polar surface area (TPSA) is 93.9 Å². The molecule has 1 aliphatic heterocycles. The van der Waals surface area contributed by atoms with E-state index in [-0.39, 0.29) is 35.2 Å². The number of ether oxygens (including phenoxy) is 2.